The summed E-state index contributed by atoms with van der Waals surface area (Å²) >= 11 is 0. The van der Waals surface area contributed by atoms with Gasteiger partial charge in [0.25, 0.3) is 0 Å². The lowest BCUT2D eigenvalue weighted by atomic mass is 10.2. The Balaban J connectivity index is 0.000000671. The van der Waals surface area contributed by atoms with E-state index in [1.807, 2.05) is 39.8 Å². The van der Waals surface area contributed by atoms with Crippen LogP contribution in [-0.4, -0.2) is 5.16 Å². The summed E-state index contributed by atoms with van der Waals surface area (Å²) in [5, 5.41) is 3.81. The Bertz CT molecular complexity index is 284. The third-order valence-electron chi connectivity index (χ3n) is 1.58. The Kier molecular flexibility index (Phi) is 5.60. The highest BCUT2D eigenvalue weighted by Gasteiger charge is 2.02. The second kappa shape index (κ2) is 6.23. The van der Waals surface area contributed by atoms with Crippen molar-refractivity contribution in [3.8, 4) is 0 Å². The van der Waals surface area contributed by atoms with E-state index in [9.17, 15) is 0 Å². The van der Waals surface area contributed by atoms with Crippen molar-refractivity contribution in [3.63, 3.8) is 0 Å². The molecule has 0 aliphatic carbocycles. The lowest BCUT2D eigenvalue weighted by molar-refractivity contribution is 0.407. The third kappa shape index (κ3) is 3.28. The minimum absolute atomic E-state index is 0.808. The first-order chi connectivity index (χ1) is 6.25. The van der Waals surface area contributed by atoms with E-state index < -0.39 is 0 Å². The second-order valence-corrected chi connectivity index (χ2v) is 2.35. The minimum Gasteiger partial charge on any atom is -0.356 e. The Morgan fingerprint density at radius 3 is 2.31 bits per heavy atom. The first-order valence-corrected chi connectivity index (χ1v) is 4.47. The number of hydrogen-bond acceptors (Lipinski definition) is 2. The van der Waals surface area contributed by atoms with Crippen LogP contribution >= 0.6 is 0 Å². The van der Waals surface area contributed by atoms with Gasteiger partial charge >= 0.3 is 0 Å². The van der Waals surface area contributed by atoms with Crippen LogP contribution in [0, 0.1) is 13.8 Å². The average molecular weight is 179 g/mol. The van der Waals surface area contributed by atoms with Gasteiger partial charge in [-0.1, -0.05) is 37.7 Å². The fraction of sp³-hybridized carbons (Fsp3) is 0.364. The van der Waals surface area contributed by atoms with E-state index in [0.29, 0.717) is 0 Å². The van der Waals surface area contributed by atoms with Gasteiger partial charge in [-0.25, -0.2) is 0 Å². The van der Waals surface area contributed by atoms with Gasteiger partial charge < -0.3 is 4.52 Å². The topological polar surface area (TPSA) is 26.0 Å². The van der Waals surface area contributed by atoms with Crippen LogP contribution in [0.4, 0.5) is 0 Å². The van der Waals surface area contributed by atoms with E-state index >= 15 is 0 Å². The fourth-order valence-corrected chi connectivity index (χ4v) is 0.744. The monoisotopic (exact) mass is 179 g/mol. The highest BCUT2D eigenvalue weighted by molar-refractivity contribution is 5.49. The van der Waals surface area contributed by atoms with E-state index in [-0.39, 0.29) is 0 Å². The molecule has 1 rings (SSSR count). The maximum absolute atomic E-state index is 5.01. The van der Waals surface area contributed by atoms with E-state index in [2.05, 4.69) is 11.7 Å². The Labute approximate surface area is 79.9 Å². The molecule has 0 aromatic carbocycles. The van der Waals surface area contributed by atoms with Crippen LogP contribution in [0.2, 0.25) is 0 Å². The number of allylic oxidation sites excluding steroid dienone is 2. The van der Waals surface area contributed by atoms with Crippen molar-refractivity contribution in [3.05, 3.63) is 35.7 Å². The minimum atomic E-state index is 0.808. The van der Waals surface area contributed by atoms with Crippen LogP contribution in [0.1, 0.15) is 30.9 Å². The Morgan fingerprint density at radius 2 is 1.92 bits per heavy atom. The number of rotatable bonds is 2. The van der Waals surface area contributed by atoms with E-state index in [4.69, 9.17) is 4.52 Å². The van der Waals surface area contributed by atoms with E-state index in [1.165, 1.54) is 0 Å². The number of nitrogens with zero attached hydrogens (tertiary/aromatic N) is 1. The molecular weight excluding hydrogens is 162 g/mol. The standard InChI is InChI=1S/C9H11NO.C2H6/c1-4-5-6-9-7(2)8(3)10-11-9;1-2/h4-6H,1H2,2-3H3;1-2H3/b6-5-;. The van der Waals surface area contributed by atoms with Gasteiger partial charge in [-0.3, -0.25) is 0 Å². The molecule has 72 valence electrons. The molecule has 0 aliphatic rings. The summed E-state index contributed by atoms with van der Waals surface area (Å²) < 4.78 is 5.01. The van der Waals surface area contributed by atoms with Crippen molar-refractivity contribution < 1.29 is 4.52 Å². The van der Waals surface area contributed by atoms with Crippen LogP contribution in [0.25, 0.3) is 6.08 Å². The quantitative estimate of drug-likeness (QED) is 0.649. The van der Waals surface area contributed by atoms with Gasteiger partial charge in [-0.15, -0.1) is 0 Å². The molecule has 1 aromatic rings. The van der Waals surface area contributed by atoms with Crippen LogP contribution in [0.5, 0.6) is 0 Å². The van der Waals surface area contributed by atoms with Crippen molar-refractivity contribution in [1.82, 2.24) is 5.16 Å². The first kappa shape index (κ1) is 11.7. The fourth-order valence-electron chi connectivity index (χ4n) is 0.744. The molecule has 1 aromatic heterocycles. The highest BCUT2D eigenvalue weighted by atomic mass is 16.5. The lowest BCUT2D eigenvalue weighted by Crippen LogP contribution is -1.74. The van der Waals surface area contributed by atoms with Crippen molar-refractivity contribution >= 4 is 6.08 Å². The molecule has 2 nitrogen and oxygen atoms in total. The molecule has 13 heavy (non-hydrogen) atoms. The Hall–Kier alpha value is -1.31. The van der Waals surface area contributed by atoms with Crippen molar-refractivity contribution in [2.24, 2.45) is 0 Å². The SMILES string of the molecule is C=C/C=C\c1onc(C)c1C.CC. The van der Waals surface area contributed by atoms with Gasteiger partial charge in [0.15, 0.2) is 5.76 Å². The van der Waals surface area contributed by atoms with E-state index in [1.54, 1.807) is 6.08 Å². The summed E-state index contributed by atoms with van der Waals surface area (Å²) in [6.45, 7) is 11.5. The molecule has 0 bridgehead atoms. The van der Waals surface area contributed by atoms with Crippen molar-refractivity contribution in [2.45, 2.75) is 27.7 Å². The summed E-state index contributed by atoms with van der Waals surface area (Å²) in [5.41, 5.74) is 2.02. The second-order valence-electron chi connectivity index (χ2n) is 2.35. The summed E-state index contributed by atoms with van der Waals surface area (Å²) in [4.78, 5) is 0. The number of hydrogen-bond donors (Lipinski definition) is 0. The normalized spacial score (nSPS) is 9.54. The number of aryl methyl sites for hydroxylation is 1. The molecule has 0 saturated heterocycles. The molecule has 0 spiro atoms. The smallest absolute Gasteiger partial charge is 0.162 e. The zero-order chi connectivity index (χ0) is 10.3. The largest absolute Gasteiger partial charge is 0.356 e. The van der Waals surface area contributed by atoms with Gasteiger partial charge in [0, 0.05) is 5.56 Å². The summed E-state index contributed by atoms with van der Waals surface area (Å²) in [7, 11) is 0. The highest BCUT2D eigenvalue weighted by Crippen LogP contribution is 2.12. The average Bonchev–Trinajstić information content (AvgIpc) is 2.48. The van der Waals surface area contributed by atoms with Crippen LogP contribution in [0.3, 0.4) is 0 Å². The van der Waals surface area contributed by atoms with Gasteiger partial charge in [-0.05, 0) is 19.9 Å². The van der Waals surface area contributed by atoms with Gasteiger partial charge in [-0.2, -0.15) is 0 Å². The molecule has 0 atom stereocenters. The third-order valence-corrected chi connectivity index (χ3v) is 1.58. The van der Waals surface area contributed by atoms with E-state index in [0.717, 1.165) is 17.0 Å². The zero-order valence-electron chi connectivity index (χ0n) is 8.79. The predicted molar refractivity (Wildman–Crippen MR) is 56.6 cm³/mol. The van der Waals surface area contributed by atoms with Gasteiger partial charge in [0.1, 0.15) is 0 Å². The Morgan fingerprint density at radius 1 is 1.31 bits per heavy atom. The molecular formula is C11H17NO. The molecule has 0 radical (unpaired) electrons. The maximum atomic E-state index is 5.01. The predicted octanol–water partition coefficient (Wildman–Crippen LogP) is 3.52. The molecule has 0 fully saturated rings. The zero-order valence-corrected chi connectivity index (χ0v) is 8.79. The van der Waals surface area contributed by atoms with Crippen LogP contribution in [0.15, 0.2) is 23.3 Å². The summed E-state index contributed by atoms with van der Waals surface area (Å²) in [6.07, 6.45) is 5.38. The van der Waals surface area contributed by atoms with Crippen molar-refractivity contribution in [2.75, 3.05) is 0 Å². The van der Waals surface area contributed by atoms with Crippen molar-refractivity contribution in [1.29, 1.82) is 0 Å². The molecule has 2 heteroatoms. The molecule has 0 amide bonds. The molecule has 1 heterocycles. The maximum Gasteiger partial charge on any atom is 0.162 e. The van der Waals surface area contributed by atoms with Gasteiger partial charge in [0.2, 0.25) is 0 Å². The molecule has 0 saturated carbocycles. The van der Waals surface area contributed by atoms with Crippen LogP contribution < -0.4 is 0 Å². The summed E-state index contributed by atoms with van der Waals surface area (Å²) in [6, 6.07) is 0. The lowest BCUT2D eigenvalue weighted by Gasteiger charge is -1.84. The number of aromatic nitrogens is 1. The molecule has 0 unspecified atom stereocenters. The van der Waals surface area contributed by atoms with Crippen LogP contribution in [-0.2, 0) is 0 Å². The first-order valence-electron chi connectivity index (χ1n) is 4.47. The summed E-state index contributed by atoms with van der Waals surface area (Å²) in [5.74, 6) is 0.808. The molecule has 0 aliphatic heterocycles. The van der Waals surface area contributed by atoms with Gasteiger partial charge in [0.05, 0.1) is 5.69 Å². The molecule has 0 N–H and O–H groups in total.